The zero-order valence-corrected chi connectivity index (χ0v) is 9.61. The number of benzene rings is 1. The molecule has 0 aliphatic carbocycles. The number of carbonyl (C=O) groups excluding carboxylic acids is 1. The molecule has 0 aliphatic heterocycles. The van der Waals surface area contributed by atoms with Gasteiger partial charge in [-0.3, -0.25) is 9.78 Å². The van der Waals surface area contributed by atoms with Crippen LogP contribution in [0.15, 0.2) is 35.1 Å². The normalized spacial score (nSPS) is 10.3. The maximum absolute atomic E-state index is 10.9. The molecule has 0 bridgehead atoms. The lowest BCUT2D eigenvalue weighted by Crippen LogP contribution is -2.01. The predicted molar refractivity (Wildman–Crippen MR) is 60.8 cm³/mol. The van der Waals surface area contributed by atoms with Gasteiger partial charge in [-0.15, -0.1) is 0 Å². The summed E-state index contributed by atoms with van der Waals surface area (Å²) in [5.41, 5.74) is 0. The van der Waals surface area contributed by atoms with E-state index in [1.807, 2.05) is 12.1 Å². The highest BCUT2D eigenvalue weighted by Gasteiger charge is 2.06. The zero-order chi connectivity index (χ0) is 10.8. The Labute approximate surface area is 95.2 Å². The number of hydrogen-bond donors (Lipinski definition) is 0. The number of carbonyl (C=O) groups is 1. The van der Waals surface area contributed by atoms with Crippen molar-refractivity contribution in [2.75, 3.05) is 0 Å². The minimum Gasteiger partial charge on any atom is -0.426 e. The maximum Gasteiger partial charge on any atom is 0.308 e. The van der Waals surface area contributed by atoms with E-state index in [1.54, 1.807) is 18.5 Å². The minimum atomic E-state index is -0.324. The van der Waals surface area contributed by atoms with E-state index in [0.717, 1.165) is 15.2 Å². The lowest BCUT2D eigenvalue weighted by Gasteiger charge is -2.06. The Morgan fingerprint density at radius 2 is 2.13 bits per heavy atom. The van der Waals surface area contributed by atoms with Crippen LogP contribution < -0.4 is 4.74 Å². The molecule has 1 aromatic carbocycles. The van der Waals surface area contributed by atoms with Crippen LogP contribution in [0.25, 0.3) is 10.8 Å². The third-order valence-corrected chi connectivity index (χ3v) is 2.67. The number of nitrogens with zero attached hydrogens (tertiary/aromatic N) is 1. The summed E-state index contributed by atoms with van der Waals surface area (Å²) in [5.74, 6) is 0.235. The fraction of sp³-hybridized carbons (Fsp3) is 0.0909. The summed E-state index contributed by atoms with van der Waals surface area (Å²) in [6.45, 7) is 1.38. The van der Waals surface area contributed by atoms with Crippen molar-refractivity contribution in [2.24, 2.45) is 0 Å². The van der Waals surface area contributed by atoms with Crippen molar-refractivity contribution in [3.05, 3.63) is 35.1 Å². The van der Waals surface area contributed by atoms with Crippen molar-refractivity contribution >= 4 is 32.7 Å². The van der Waals surface area contributed by atoms with Crippen LogP contribution in [0.5, 0.6) is 5.75 Å². The number of ether oxygens (including phenoxy) is 1. The van der Waals surface area contributed by atoms with Crippen LogP contribution in [-0.2, 0) is 4.79 Å². The van der Waals surface area contributed by atoms with Gasteiger partial charge in [0, 0.05) is 34.6 Å². The molecule has 0 amide bonds. The molecular weight excluding hydrogens is 258 g/mol. The van der Waals surface area contributed by atoms with Crippen molar-refractivity contribution in [2.45, 2.75) is 6.92 Å². The smallest absolute Gasteiger partial charge is 0.308 e. The van der Waals surface area contributed by atoms with Crippen molar-refractivity contribution < 1.29 is 9.53 Å². The SMILES string of the molecule is CC(=O)Oc1ccc(Br)c2cnccc12. The number of pyridine rings is 1. The van der Waals surface area contributed by atoms with Gasteiger partial charge >= 0.3 is 5.97 Å². The molecule has 0 spiro atoms. The molecule has 0 N–H and O–H groups in total. The molecule has 0 radical (unpaired) electrons. The lowest BCUT2D eigenvalue weighted by atomic mass is 10.1. The standard InChI is InChI=1S/C11H8BrNO2/c1-7(14)15-11-3-2-10(12)9-6-13-5-4-8(9)11/h2-6H,1H3. The number of fused-ring (bicyclic) bond motifs is 1. The highest BCUT2D eigenvalue weighted by atomic mass is 79.9. The predicted octanol–water partition coefficient (Wildman–Crippen LogP) is 2.92. The van der Waals surface area contributed by atoms with E-state index in [4.69, 9.17) is 4.74 Å². The van der Waals surface area contributed by atoms with E-state index in [9.17, 15) is 4.79 Å². The first-order chi connectivity index (χ1) is 7.18. The number of halogens is 1. The average Bonchev–Trinajstić information content (AvgIpc) is 2.22. The lowest BCUT2D eigenvalue weighted by molar-refractivity contribution is -0.131. The molecular formula is C11H8BrNO2. The van der Waals surface area contributed by atoms with Gasteiger partial charge in [0.15, 0.2) is 0 Å². The number of hydrogen-bond acceptors (Lipinski definition) is 3. The van der Waals surface area contributed by atoms with Crippen LogP contribution in [0.4, 0.5) is 0 Å². The van der Waals surface area contributed by atoms with Crippen molar-refractivity contribution in [3.63, 3.8) is 0 Å². The summed E-state index contributed by atoms with van der Waals surface area (Å²) in [7, 11) is 0. The molecule has 1 heterocycles. The van der Waals surface area contributed by atoms with Crippen LogP contribution in [0.3, 0.4) is 0 Å². The second-order valence-electron chi connectivity index (χ2n) is 3.06. The molecule has 1 aromatic heterocycles. The molecule has 4 heteroatoms. The first-order valence-corrected chi connectivity index (χ1v) is 5.18. The van der Waals surface area contributed by atoms with E-state index in [-0.39, 0.29) is 5.97 Å². The number of aromatic nitrogens is 1. The first kappa shape index (κ1) is 10.1. The van der Waals surface area contributed by atoms with E-state index >= 15 is 0 Å². The molecule has 0 fully saturated rings. The topological polar surface area (TPSA) is 39.2 Å². The van der Waals surface area contributed by atoms with Crippen molar-refractivity contribution in [3.8, 4) is 5.75 Å². The zero-order valence-electron chi connectivity index (χ0n) is 8.03. The van der Waals surface area contributed by atoms with Gasteiger partial charge in [0.2, 0.25) is 0 Å². The summed E-state index contributed by atoms with van der Waals surface area (Å²) >= 11 is 3.42. The summed E-state index contributed by atoms with van der Waals surface area (Å²) in [5, 5.41) is 1.80. The van der Waals surface area contributed by atoms with E-state index in [2.05, 4.69) is 20.9 Å². The summed E-state index contributed by atoms with van der Waals surface area (Å²) < 4.78 is 6.03. The quantitative estimate of drug-likeness (QED) is 0.588. The van der Waals surface area contributed by atoms with Gasteiger partial charge in [0.1, 0.15) is 5.75 Å². The van der Waals surface area contributed by atoms with Crippen LogP contribution >= 0.6 is 15.9 Å². The fourth-order valence-electron chi connectivity index (χ4n) is 1.37. The van der Waals surface area contributed by atoms with E-state index in [1.165, 1.54) is 6.92 Å². The Morgan fingerprint density at radius 1 is 1.33 bits per heavy atom. The molecule has 15 heavy (non-hydrogen) atoms. The molecule has 2 rings (SSSR count). The Morgan fingerprint density at radius 3 is 2.87 bits per heavy atom. The van der Waals surface area contributed by atoms with Crippen molar-refractivity contribution in [1.29, 1.82) is 0 Å². The van der Waals surface area contributed by atoms with Crippen LogP contribution in [0, 0.1) is 0 Å². The Kier molecular flexibility index (Phi) is 2.68. The van der Waals surface area contributed by atoms with Gasteiger partial charge in [0.25, 0.3) is 0 Å². The third-order valence-electron chi connectivity index (χ3n) is 1.98. The molecule has 3 nitrogen and oxygen atoms in total. The largest absolute Gasteiger partial charge is 0.426 e. The molecule has 0 saturated carbocycles. The summed E-state index contributed by atoms with van der Waals surface area (Å²) in [6.07, 6.45) is 3.40. The molecule has 76 valence electrons. The molecule has 2 aromatic rings. The van der Waals surface area contributed by atoms with Gasteiger partial charge in [-0.1, -0.05) is 15.9 Å². The van der Waals surface area contributed by atoms with Gasteiger partial charge in [-0.25, -0.2) is 0 Å². The Balaban J connectivity index is 2.66. The van der Waals surface area contributed by atoms with Crippen LogP contribution in [0.1, 0.15) is 6.92 Å². The highest BCUT2D eigenvalue weighted by molar-refractivity contribution is 9.10. The second-order valence-corrected chi connectivity index (χ2v) is 3.91. The monoisotopic (exact) mass is 265 g/mol. The number of esters is 1. The summed E-state index contributed by atoms with van der Waals surface area (Å²) in [6, 6.07) is 5.41. The second kappa shape index (κ2) is 3.98. The van der Waals surface area contributed by atoms with Crippen molar-refractivity contribution in [1.82, 2.24) is 4.98 Å². The van der Waals surface area contributed by atoms with Crippen LogP contribution in [0.2, 0.25) is 0 Å². The first-order valence-electron chi connectivity index (χ1n) is 4.39. The van der Waals surface area contributed by atoms with Gasteiger partial charge in [0.05, 0.1) is 0 Å². The van der Waals surface area contributed by atoms with Gasteiger partial charge < -0.3 is 4.74 Å². The van der Waals surface area contributed by atoms with Gasteiger partial charge in [-0.05, 0) is 18.2 Å². The number of rotatable bonds is 1. The van der Waals surface area contributed by atoms with Gasteiger partial charge in [-0.2, -0.15) is 0 Å². The molecule has 0 saturated heterocycles. The molecule has 0 unspecified atom stereocenters. The highest BCUT2D eigenvalue weighted by Crippen LogP contribution is 2.30. The maximum atomic E-state index is 10.9. The minimum absolute atomic E-state index is 0.324. The fourth-order valence-corrected chi connectivity index (χ4v) is 1.82. The van der Waals surface area contributed by atoms with E-state index in [0.29, 0.717) is 5.75 Å². The average molecular weight is 266 g/mol. The van der Waals surface area contributed by atoms with E-state index < -0.39 is 0 Å². The third kappa shape index (κ3) is 1.99. The summed E-state index contributed by atoms with van der Waals surface area (Å²) in [4.78, 5) is 14.9. The molecule has 0 aliphatic rings. The molecule has 0 atom stereocenters. The van der Waals surface area contributed by atoms with Crippen LogP contribution in [-0.4, -0.2) is 11.0 Å². The Bertz CT molecular complexity index is 525. The Hall–Kier alpha value is -1.42.